The van der Waals surface area contributed by atoms with Gasteiger partial charge in [0.1, 0.15) is 11.2 Å². The van der Waals surface area contributed by atoms with Crippen molar-refractivity contribution in [3.8, 4) is 22.3 Å². The Morgan fingerprint density at radius 3 is 1.40 bits per heavy atom. The minimum Gasteiger partial charge on any atom is -0.456 e. The molecule has 0 aliphatic heterocycles. The highest BCUT2D eigenvalue weighted by Gasteiger charge is 2.11. The second-order valence-electron chi connectivity index (χ2n) is 8.58. The normalized spacial score (nSPS) is 12.3. The highest BCUT2D eigenvalue weighted by molar-refractivity contribution is 6.07. The third-order valence-electron chi connectivity index (χ3n) is 6.59. The number of benzene rings is 4. The van der Waals surface area contributed by atoms with E-state index < -0.39 is 0 Å². The van der Waals surface area contributed by atoms with Crippen LogP contribution in [-0.4, -0.2) is 0 Å². The molecule has 35 heavy (non-hydrogen) atoms. The molecule has 1 aromatic heterocycles. The summed E-state index contributed by atoms with van der Waals surface area (Å²) in [5.41, 5.74) is 11.1. The number of fused-ring (bicyclic) bond motifs is 3. The monoisotopic (exact) mass is 452 g/mol. The molecular weight excluding hydrogens is 424 g/mol. The van der Waals surface area contributed by atoms with Gasteiger partial charge in [-0.1, -0.05) is 86.0 Å². The van der Waals surface area contributed by atoms with E-state index in [1.54, 1.807) is 0 Å². The summed E-state index contributed by atoms with van der Waals surface area (Å²) in [6, 6.07) is 30.1. The molecule has 0 amide bonds. The fourth-order valence-electron chi connectivity index (χ4n) is 4.70. The number of allylic oxidation sites excluding steroid dienone is 6. The molecule has 1 heterocycles. The minimum absolute atomic E-state index is 0.897. The van der Waals surface area contributed by atoms with Crippen LogP contribution < -0.4 is 0 Å². The quantitative estimate of drug-likeness (QED) is 0.234. The Morgan fingerprint density at radius 2 is 1.00 bits per heavy atom. The first kappa shape index (κ1) is 22.4. The average Bonchev–Trinajstić information content (AvgIpc) is 3.28. The molecule has 5 rings (SSSR count). The van der Waals surface area contributed by atoms with Gasteiger partial charge in [-0.05, 0) is 94.8 Å². The third-order valence-corrected chi connectivity index (χ3v) is 6.59. The summed E-state index contributed by atoms with van der Waals surface area (Å²) in [5, 5.41) is 2.24. The lowest BCUT2D eigenvalue weighted by Crippen LogP contribution is -1.84. The standard InChI is InChI=1S/C34H28O/c1-5-23(6-2)25-11-9-13-27(19-25)29-15-17-33-31(21-29)32-22-30(16-18-34(32)35-33)28-14-10-12-26(20-28)24(7-3)8-4/h5-22H,1,3H2,2,4H3/b23-6+,24-8+. The fraction of sp³-hybridized carbons (Fsp3) is 0.0588. The van der Waals surface area contributed by atoms with Gasteiger partial charge in [0.2, 0.25) is 0 Å². The zero-order valence-corrected chi connectivity index (χ0v) is 20.2. The summed E-state index contributed by atoms with van der Waals surface area (Å²) in [7, 11) is 0. The van der Waals surface area contributed by atoms with E-state index in [1.807, 2.05) is 26.0 Å². The van der Waals surface area contributed by atoms with Gasteiger partial charge in [0.25, 0.3) is 0 Å². The van der Waals surface area contributed by atoms with E-state index in [9.17, 15) is 0 Å². The van der Waals surface area contributed by atoms with Crippen molar-refractivity contribution in [1.82, 2.24) is 0 Å². The molecule has 0 radical (unpaired) electrons. The van der Waals surface area contributed by atoms with Crippen LogP contribution in [0.25, 0.3) is 55.3 Å². The molecule has 0 atom stereocenters. The first-order chi connectivity index (χ1) is 17.1. The van der Waals surface area contributed by atoms with Gasteiger partial charge in [-0.25, -0.2) is 0 Å². The number of furan rings is 1. The van der Waals surface area contributed by atoms with Crippen molar-refractivity contribution in [3.63, 3.8) is 0 Å². The second-order valence-corrected chi connectivity index (χ2v) is 8.58. The first-order valence-corrected chi connectivity index (χ1v) is 11.9. The predicted octanol–water partition coefficient (Wildman–Crippen LogP) is 10.1. The lowest BCUT2D eigenvalue weighted by Gasteiger charge is -2.07. The van der Waals surface area contributed by atoms with Gasteiger partial charge in [0.15, 0.2) is 0 Å². The Labute approximate surface area is 207 Å². The molecular formula is C34H28O. The van der Waals surface area contributed by atoms with Crippen molar-refractivity contribution in [3.05, 3.63) is 134 Å². The van der Waals surface area contributed by atoms with Gasteiger partial charge in [-0.2, -0.15) is 0 Å². The van der Waals surface area contributed by atoms with Gasteiger partial charge in [0, 0.05) is 10.8 Å². The van der Waals surface area contributed by atoms with Crippen LogP contribution in [0.5, 0.6) is 0 Å². The Bertz CT molecular complexity index is 1520. The molecule has 0 aliphatic carbocycles. The molecule has 0 N–H and O–H groups in total. The summed E-state index contributed by atoms with van der Waals surface area (Å²) in [6.45, 7) is 12.0. The molecule has 1 nitrogen and oxygen atoms in total. The van der Waals surface area contributed by atoms with Gasteiger partial charge in [0.05, 0.1) is 0 Å². The largest absolute Gasteiger partial charge is 0.456 e. The Balaban J connectivity index is 1.62. The molecule has 0 aliphatic rings. The SMILES string of the molecule is C=C/C(=C\C)c1cccc(-c2ccc3oc4ccc(-c5cccc(/C(C=C)=C/C)c5)cc4c3c2)c1. The molecule has 0 saturated carbocycles. The average molecular weight is 453 g/mol. The highest BCUT2D eigenvalue weighted by atomic mass is 16.3. The summed E-state index contributed by atoms with van der Waals surface area (Å²) < 4.78 is 6.18. The second kappa shape index (κ2) is 9.48. The van der Waals surface area contributed by atoms with Crippen molar-refractivity contribution >= 4 is 33.1 Å². The molecule has 0 unspecified atom stereocenters. The van der Waals surface area contributed by atoms with E-state index in [2.05, 4.69) is 110 Å². The summed E-state index contributed by atoms with van der Waals surface area (Å²) in [4.78, 5) is 0. The smallest absolute Gasteiger partial charge is 0.135 e. The van der Waals surface area contributed by atoms with Crippen molar-refractivity contribution < 1.29 is 4.42 Å². The van der Waals surface area contributed by atoms with Crippen LogP contribution >= 0.6 is 0 Å². The van der Waals surface area contributed by atoms with Crippen molar-refractivity contribution in [1.29, 1.82) is 0 Å². The topological polar surface area (TPSA) is 13.1 Å². The van der Waals surface area contributed by atoms with Crippen molar-refractivity contribution in [2.45, 2.75) is 13.8 Å². The van der Waals surface area contributed by atoms with E-state index in [1.165, 1.54) is 22.3 Å². The van der Waals surface area contributed by atoms with Crippen molar-refractivity contribution in [2.24, 2.45) is 0 Å². The van der Waals surface area contributed by atoms with E-state index in [4.69, 9.17) is 4.42 Å². The van der Waals surface area contributed by atoms with Gasteiger partial charge in [-0.3, -0.25) is 0 Å². The summed E-state index contributed by atoms with van der Waals surface area (Å²) >= 11 is 0. The molecule has 0 bridgehead atoms. The van der Waals surface area contributed by atoms with Gasteiger partial charge in [-0.15, -0.1) is 0 Å². The Hall–Kier alpha value is -4.36. The van der Waals surface area contributed by atoms with Crippen LogP contribution in [0.1, 0.15) is 25.0 Å². The summed E-state index contributed by atoms with van der Waals surface area (Å²) in [6.07, 6.45) is 7.97. The molecule has 1 heteroatoms. The van der Waals surface area contributed by atoms with Gasteiger partial charge >= 0.3 is 0 Å². The number of hydrogen-bond acceptors (Lipinski definition) is 1. The van der Waals surface area contributed by atoms with Crippen LogP contribution in [0.4, 0.5) is 0 Å². The fourth-order valence-corrected chi connectivity index (χ4v) is 4.70. The lowest BCUT2D eigenvalue weighted by atomic mass is 9.96. The third kappa shape index (κ3) is 4.18. The minimum atomic E-state index is 0.897. The molecule has 0 spiro atoms. The van der Waals surface area contributed by atoms with E-state index in [0.29, 0.717) is 0 Å². The van der Waals surface area contributed by atoms with E-state index >= 15 is 0 Å². The van der Waals surface area contributed by atoms with Crippen LogP contribution in [0, 0.1) is 0 Å². The highest BCUT2D eigenvalue weighted by Crippen LogP contribution is 2.36. The molecule has 5 aromatic rings. The molecule has 170 valence electrons. The number of hydrogen-bond donors (Lipinski definition) is 0. The molecule has 4 aromatic carbocycles. The molecule has 0 fully saturated rings. The first-order valence-electron chi connectivity index (χ1n) is 11.9. The molecule has 0 saturated heterocycles. The Kier molecular flexibility index (Phi) is 6.08. The zero-order chi connectivity index (χ0) is 24.4. The van der Waals surface area contributed by atoms with E-state index in [0.717, 1.165) is 44.2 Å². The maximum Gasteiger partial charge on any atom is 0.135 e. The van der Waals surface area contributed by atoms with E-state index in [-0.39, 0.29) is 0 Å². The van der Waals surface area contributed by atoms with Crippen LogP contribution in [0.3, 0.4) is 0 Å². The van der Waals surface area contributed by atoms with Crippen LogP contribution in [0.15, 0.2) is 127 Å². The van der Waals surface area contributed by atoms with Gasteiger partial charge < -0.3 is 4.42 Å². The summed E-state index contributed by atoms with van der Waals surface area (Å²) in [5.74, 6) is 0. The predicted molar refractivity (Wildman–Crippen MR) is 152 cm³/mol. The lowest BCUT2D eigenvalue weighted by molar-refractivity contribution is 0.669. The van der Waals surface area contributed by atoms with Crippen molar-refractivity contribution in [2.75, 3.05) is 0 Å². The zero-order valence-electron chi connectivity index (χ0n) is 20.2. The maximum atomic E-state index is 6.18. The van der Waals surface area contributed by atoms with Crippen LogP contribution in [0.2, 0.25) is 0 Å². The Morgan fingerprint density at radius 1 is 0.571 bits per heavy atom. The maximum absolute atomic E-state index is 6.18. The van der Waals surface area contributed by atoms with Crippen LogP contribution in [-0.2, 0) is 0 Å². The number of rotatable bonds is 6.